The number of aromatic carboxylic acids is 2. The van der Waals surface area contributed by atoms with E-state index in [1.165, 1.54) is 24.3 Å². The summed E-state index contributed by atoms with van der Waals surface area (Å²) in [5.41, 5.74) is 3.16. The smallest absolute Gasteiger partial charge is 0.336 e. The Morgan fingerprint density at radius 3 is 1.26 bits per heavy atom. The Labute approximate surface area is 196 Å². The Morgan fingerprint density at radius 2 is 0.941 bits per heavy atom. The molecule has 0 bridgehead atoms. The van der Waals surface area contributed by atoms with Gasteiger partial charge in [-0.1, -0.05) is 47.5 Å². The Kier molecular flexibility index (Phi) is 7.43. The third kappa shape index (κ3) is 5.86. The standard InChI is InChI=1S/C26H24N2O6/c1-15-3-9-19(21(11-15)25(31)32)23(29)27-13-17-5-7-18(8-6-17)14-28-24(30)20-10-4-16(2)12-22(20)26(33)34/h3-12H,13-14H2,1-2H3,(H,27,29)(H,28,30)(H,31,32)(H,33,34). The highest BCUT2D eigenvalue weighted by molar-refractivity contribution is 6.05. The minimum atomic E-state index is -1.17. The van der Waals surface area contributed by atoms with Gasteiger partial charge in [-0.3, -0.25) is 9.59 Å². The second-order valence-electron chi connectivity index (χ2n) is 7.89. The minimum Gasteiger partial charge on any atom is -0.478 e. The van der Waals surface area contributed by atoms with Crippen LogP contribution in [0.25, 0.3) is 0 Å². The molecule has 174 valence electrons. The molecule has 0 aliphatic rings. The van der Waals surface area contributed by atoms with Gasteiger partial charge in [0.1, 0.15) is 0 Å². The first kappa shape index (κ1) is 24.2. The quantitative estimate of drug-likeness (QED) is 0.406. The van der Waals surface area contributed by atoms with Gasteiger partial charge in [0.15, 0.2) is 0 Å². The van der Waals surface area contributed by atoms with Gasteiger partial charge in [-0.05, 0) is 49.2 Å². The van der Waals surface area contributed by atoms with Gasteiger partial charge in [0.05, 0.1) is 22.3 Å². The van der Waals surface area contributed by atoms with E-state index >= 15 is 0 Å². The average Bonchev–Trinajstić information content (AvgIpc) is 2.81. The molecule has 0 aromatic heterocycles. The molecule has 3 aromatic carbocycles. The Balaban J connectivity index is 1.59. The molecule has 2 amide bonds. The number of amides is 2. The summed E-state index contributed by atoms with van der Waals surface area (Å²) >= 11 is 0. The van der Waals surface area contributed by atoms with E-state index in [1.807, 2.05) is 0 Å². The lowest BCUT2D eigenvalue weighted by molar-refractivity contribution is 0.0682. The van der Waals surface area contributed by atoms with Crippen molar-refractivity contribution in [3.63, 3.8) is 0 Å². The topological polar surface area (TPSA) is 133 Å². The number of aryl methyl sites for hydroxylation is 2. The lowest BCUT2D eigenvalue weighted by Crippen LogP contribution is -2.25. The third-order valence-electron chi connectivity index (χ3n) is 5.23. The zero-order valence-electron chi connectivity index (χ0n) is 18.7. The number of carbonyl (C=O) groups is 4. The fourth-order valence-electron chi connectivity index (χ4n) is 3.40. The van der Waals surface area contributed by atoms with Gasteiger partial charge in [-0.25, -0.2) is 9.59 Å². The summed E-state index contributed by atoms with van der Waals surface area (Å²) in [6.45, 7) is 3.90. The van der Waals surface area contributed by atoms with Crippen molar-refractivity contribution in [1.82, 2.24) is 10.6 Å². The van der Waals surface area contributed by atoms with Crippen molar-refractivity contribution < 1.29 is 29.4 Å². The van der Waals surface area contributed by atoms with Crippen molar-refractivity contribution in [2.45, 2.75) is 26.9 Å². The van der Waals surface area contributed by atoms with E-state index in [0.717, 1.165) is 22.3 Å². The Bertz CT molecular complexity index is 1170. The number of nitrogens with one attached hydrogen (secondary N) is 2. The number of benzene rings is 3. The van der Waals surface area contributed by atoms with Crippen LogP contribution in [0, 0.1) is 13.8 Å². The molecule has 8 nitrogen and oxygen atoms in total. The fraction of sp³-hybridized carbons (Fsp3) is 0.154. The first-order valence-corrected chi connectivity index (χ1v) is 10.5. The zero-order chi connectivity index (χ0) is 24.8. The highest BCUT2D eigenvalue weighted by Crippen LogP contribution is 2.14. The van der Waals surface area contributed by atoms with Crippen molar-refractivity contribution in [3.05, 3.63) is 105 Å². The van der Waals surface area contributed by atoms with Crippen molar-refractivity contribution >= 4 is 23.8 Å². The molecule has 0 fully saturated rings. The fourth-order valence-corrected chi connectivity index (χ4v) is 3.40. The number of carbonyl (C=O) groups excluding carboxylic acids is 2. The maximum Gasteiger partial charge on any atom is 0.336 e. The molecule has 3 aromatic rings. The van der Waals surface area contributed by atoms with Gasteiger partial charge in [0.2, 0.25) is 0 Å². The monoisotopic (exact) mass is 460 g/mol. The predicted octanol–water partition coefficient (Wildman–Crippen LogP) is 3.56. The highest BCUT2D eigenvalue weighted by atomic mass is 16.4. The van der Waals surface area contributed by atoms with Crippen LogP contribution in [-0.4, -0.2) is 34.0 Å². The van der Waals surface area contributed by atoms with Gasteiger partial charge in [0.25, 0.3) is 11.8 Å². The van der Waals surface area contributed by atoms with Gasteiger partial charge in [0, 0.05) is 13.1 Å². The van der Waals surface area contributed by atoms with Crippen LogP contribution in [-0.2, 0) is 13.1 Å². The lowest BCUT2D eigenvalue weighted by atomic mass is 10.0. The number of hydrogen-bond donors (Lipinski definition) is 4. The van der Waals surface area contributed by atoms with Crippen LogP contribution >= 0.6 is 0 Å². The summed E-state index contributed by atoms with van der Waals surface area (Å²) in [5, 5.41) is 24.1. The lowest BCUT2D eigenvalue weighted by Gasteiger charge is -2.10. The summed E-state index contributed by atoms with van der Waals surface area (Å²) < 4.78 is 0. The molecular formula is C26H24N2O6. The van der Waals surface area contributed by atoms with Crippen molar-refractivity contribution in [2.75, 3.05) is 0 Å². The van der Waals surface area contributed by atoms with Crippen LogP contribution < -0.4 is 10.6 Å². The molecule has 0 unspecified atom stereocenters. The number of carboxylic acid groups (broad SMARTS) is 2. The van der Waals surface area contributed by atoms with Gasteiger partial charge in [-0.15, -0.1) is 0 Å². The van der Waals surface area contributed by atoms with Crippen LogP contribution in [0.15, 0.2) is 60.7 Å². The molecule has 0 heterocycles. The molecule has 0 saturated carbocycles. The van der Waals surface area contributed by atoms with E-state index in [0.29, 0.717) is 0 Å². The van der Waals surface area contributed by atoms with E-state index in [1.54, 1.807) is 50.2 Å². The highest BCUT2D eigenvalue weighted by Gasteiger charge is 2.17. The van der Waals surface area contributed by atoms with E-state index in [9.17, 15) is 29.4 Å². The third-order valence-corrected chi connectivity index (χ3v) is 5.23. The van der Waals surface area contributed by atoms with Gasteiger partial charge >= 0.3 is 11.9 Å². The molecule has 34 heavy (non-hydrogen) atoms. The van der Waals surface area contributed by atoms with Crippen LogP contribution in [0.4, 0.5) is 0 Å². The first-order valence-electron chi connectivity index (χ1n) is 10.5. The first-order chi connectivity index (χ1) is 16.2. The molecule has 8 heteroatoms. The molecular weight excluding hydrogens is 436 g/mol. The second kappa shape index (κ2) is 10.4. The van der Waals surface area contributed by atoms with Crippen molar-refractivity contribution in [1.29, 1.82) is 0 Å². The summed E-state index contributed by atoms with van der Waals surface area (Å²) in [6, 6.07) is 16.4. The Hall–Kier alpha value is -4.46. The predicted molar refractivity (Wildman–Crippen MR) is 125 cm³/mol. The maximum atomic E-state index is 12.5. The van der Waals surface area contributed by atoms with Gasteiger partial charge in [-0.2, -0.15) is 0 Å². The van der Waals surface area contributed by atoms with Crippen molar-refractivity contribution in [2.24, 2.45) is 0 Å². The summed E-state index contributed by atoms with van der Waals surface area (Å²) in [4.78, 5) is 47.8. The number of carboxylic acids is 2. The summed E-state index contributed by atoms with van der Waals surface area (Å²) in [5.74, 6) is -3.30. The number of hydrogen-bond acceptors (Lipinski definition) is 4. The molecule has 0 atom stereocenters. The minimum absolute atomic E-state index is 0.0526. The van der Waals surface area contributed by atoms with Crippen molar-refractivity contribution in [3.8, 4) is 0 Å². The summed E-state index contributed by atoms with van der Waals surface area (Å²) in [7, 11) is 0. The number of rotatable bonds is 8. The molecule has 3 rings (SSSR count). The molecule has 0 aliphatic carbocycles. The van der Waals surface area contributed by atoms with Crippen LogP contribution in [0.5, 0.6) is 0 Å². The van der Waals surface area contributed by atoms with Gasteiger partial charge < -0.3 is 20.8 Å². The van der Waals surface area contributed by atoms with E-state index in [4.69, 9.17) is 0 Å². The normalized spacial score (nSPS) is 10.4. The van der Waals surface area contributed by atoms with E-state index < -0.39 is 23.8 Å². The molecule has 0 saturated heterocycles. The molecule has 0 aliphatic heterocycles. The maximum absolute atomic E-state index is 12.5. The molecule has 4 N–H and O–H groups in total. The van der Waals surface area contributed by atoms with Crippen LogP contribution in [0.3, 0.4) is 0 Å². The van der Waals surface area contributed by atoms with Crippen LogP contribution in [0.2, 0.25) is 0 Å². The van der Waals surface area contributed by atoms with Crippen LogP contribution in [0.1, 0.15) is 63.7 Å². The SMILES string of the molecule is Cc1ccc(C(=O)NCc2ccc(CNC(=O)c3ccc(C)cc3C(=O)O)cc2)c(C(=O)O)c1. The zero-order valence-corrected chi connectivity index (χ0v) is 18.7. The Morgan fingerprint density at radius 1 is 0.588 bits per heavy atom. The second-order valence-corrected chi connectivity index (χ2v) is 7.89. The molecule has 0 spiro atoms. The van der Waals surface area contributed by atoms with E-state index in [-0.39, 0.29) is 35.3 Å². The van der Waals surface area contributed by atoms with E-state index in [2.05, 4.69) is 10.6 Å². The molecule has 0 radical (unpaired) electrons. The summed E-state index contributed by atoms with van der Waals surface area (Å²) in [6.07, 6.45) is 0. The average molecular weight is 460 g/mol. The largest absolute Gasteiger partial charge is 0.478 e.